The highest BCUT2D eigenvalue weighted by Gasteiger charge is 2.39. The van der Waals surface area contributed by atoms with Crippen LogP contribution in [0.15, 0.2) is 0 Å². The molecular formula is C16H29NO3. The quantitative estimate of drug-likeness (QED) is 0.694. The molecule has 1 heterocycles. The number of hydrogen-bond donors (Lipinski definition) is 1. The Labute approximate surface area is 122 Å². The zero-order chi connectivity index (χ0) is 15.0. The molecule has 20 heavy (non-hydrogen) atoms. The first-order valence-corrected chi connectivity index (χ1v) is 8.01. The topological polar surface area (TPSA) is 57.6 Å². The lowest BCUT2D eigenvalue weighted by Crippen LogP contribution is -2.48. The van der Waals surface area contributed by atoms with E-state index in [0.717, 1.165) is 25.8 Å². The van der Waals surface area contributed by atoms with Crippen LogP contribution in [0.1, 0.15) is 71.6 Å². The molecule has 1 aliphatic rings. The summed E-state index contributed by atoms with van der Waals surface area (Å²) in [5, 5.41) is 9.26. The average molecular weight is 283 g/mol. The van der Waals surface area contributed by atoms with Crippen LogP contribution in [0.5, 0.6) is 0 Å². The highest BCUT2D eigenvalue weighted by molar-refractivity contribution is 5.79. The van der Waals surface area contributed by atoms with Gasteiger partial charge in [-0.25, -0.2) is 0 Å². The highest BCUT2D eigenvalue weighted by Crippen LogP contribution is 2.30. The Balaban J connectivity index is 2.27. The normalized spacial score (nSPS) is 22.8. The SMILES string of the molecule is CCCCCCCCC(=O)N1CCCC(C)(C(=O)O)C1. The second kappa shape index (κ2) is 8.28. The third-order valence-corrected chi connectivity index (χ3v) is 4.31. The molecule has 1 fully saturated rings. The summed E-state index contributed by atoms with van der Waals surface area (Å²) < 4.78 is 0. The molecule has 1 rings (SSSR count). The standard InChI is InChI=1S/C16H29NO3/c1-3-4-5-6-7-8-10-14(18)17-12-9-11-16(2,13-17)15(19)20/h3-13H2,1-2H3,(H,19,20). The zero-order valence-electron chi connectivity index (χ0n) is 13.0. The Morgan fingerprint density at radius 1 is 1.15 bits per heavy atom. The summed E-state index contributed by atoms with van der Waals surface area (Å²) in [5.41, 5.74) is -0.755. The van der Waals surface area contributed by atoms with Crippen molar-refractivity contribution in [1.29, 1.82) is 0 Å². The maximum absolute atomic E-state index is 12.1. The van der Waals surface area contributed by atoms with Crippen molar-refractivity contribution in [3.8, 4) is 0 Å². The zero-order valence-corrected chi connectivity index (χ0v) is 13.0. The Kier molecular flexibility index (Phi) is 7.03. The Morgan fingerprint density at radius 3 is 2.45 bits per heavy atom. The number of unbranched alkanes of at least 4 members (excludes halogenated alkanes) is 5. The van der Waals surface area contributed by atoms with Crippen LogP contribution < -0.4 is 0 Å². The number of carbonyl (C=O) groups is 2. The molecule has 4 heteroatoms. The number of likely N-dealkylation sites (tertiary alicyclic amines) is 1. The van der Waals surface area contributed by atoms with Crippen LogP contribution in [0.25, 0.3) is 0 Å². The van der Waals surface area contributed by atoms with E-state index in [1.54, 1.807) is 11.8 Å². The molecule has 0 saturated carbocycles. The molecule has 0 bridgehead atoms. The second-order valence-electron chi connectivity index (χ2n) is 6.30. The Bertz CT molecular complexity index is 330. The van der Waals surface area contributed by atoms with Crippen molar-refractivity contribution < 1.29 is 14.7 Å². The number of carbonyl (C=O) groups excluding carboxylic acids is 1. The van der Waals surface area contributed by atoms with Crippen molar-refractivity contribution in [3.63, 3.8) is 0 Å². The van der Waals surface area contributed by atoms with Crippen molar-refractivity contribution in [3.05, 3.63) is 0 Å². The van der Waals surface area contributed by atoms with Gasteiger partial charge in [0.05, 0.1) is 5.41 Å². The fraction of sp³-hybridized carbons (Fsp3) is 0.875. The molecule has 4 nitrogen and oxygen atoms in total. The number of piperidine rings is 1. The van der Waals surface area contributed by atoms with Crippen LogP contribution in [0.2, 0.25) is 0 Å². The van der Waals surface area contributed by atoms with Gasteiger partial charge in [0, 0.05) is 19.5 Å². The lowest BCUT2D eigenvalue weighted by atomic mass is 9.82. The predicted octanol–water partition coefficient (Wildman–Crippen LogP) is 3.45. The van der Waals surface area contributed by atoms with E-state index in [4.69, 9.17) is 0 Å². The van der Waals surface area contributed by atoms with E-state index in [0.29, 0.717) is 19.4 Å². The van der Waals surface area contributed by atoms with Crippen molar-refractivity contribution in [1.82, 2.24) is 4.90 Å². The molecule has 0 radical (unpaired) electrons. The first-order chi connectivity index (χ1) is 9.49. The molecule has 1 aliphatic heterocycles. The van der Waals surface area contributed by atoms with Gasteiger partial charge in [-0.15, -0.1) is 0 Å². The molecule has 0 spiro atoms. The maximum Gasteiger partial charge on any atom is 0.311 e. The monoisotopic (exact) mass is 283 g/mol. The van der Waals surface area contributed by atoms with Gasteiger partial charge in [0.25, 0.3) is 0 Å². The number of carboxylic acid groups (broad SMARTS) is 1. The fourth-order valence-corrected chi connectivity index (χ4v) is 2.84. The van der Waals surface area contributed by atoms with Crippen molar-refractivity contribution in [2.75, 3.05) is 13.1 Å². The van der Waals surface area contributed by atoms with Crippen molar-refractivity contribution >= 4 is 11.9 Å². The smallest absolute Gasteiger partial charge is 0.311 e. The minimum absolute atomic E-state index is 0.132. The lowest BCUT2D eigenvalue weighted by molar-refractivity contribution is -0.153. The molecule has 0 aromatic rings. The number of nitrogens with zero attached hydrogens (tertiary/aromatic N) is 1. The molecule has 0 aromatic carbocycles. The van der Waals surface area contributed by atoms with Crippen molar-refractivity contribution in [2.24, 2.45) is 5.41 Å². The average Bonchev–Trinajstić information content (AvgIpc) is 2.42. The van der Waals surface area contributed by atoms with Gasteiger partial charge in [-0.1, -0.05) is 39.0 Å². The summed E-state index contributed by atoms with van der Waals surface area (Å²) in [6.07, 6.45) is 9.05. The van der Waals surface area contributed by atoms with Gasteiger partial charge in [0.2, 0.25) is 5.91 Å². The molecule has 116 valence electrons. The van der Waals surface area contributed by atoms with Gasteiger partial charge in [-0.05, 0) is 26.2 Å². The summed E-state index contributed by atoms with van der Waals surface area (Å²) in [5.74, 6) is -0.651. The van der Waals surface area contributed by atoms with Crippen LogP contribution in [0, 0.1) is 5.41 Å². The lowest BCUT2D eigenvalue weighted by Gasteiger charge is -2.37. The largest absolute Gasteiger partial charge is 0.481 e. The first kappa shape index (κ1) is 17.0. The van der Waals surface area contributed by atoms with Crippen LogP contribution >= 0.6 is 0 Å². The number of carboxylic acids is 1. The van der Waals surface area contributed by atoms with Gasteiger partial charge in [-0.2, -0.15) is 0 Å². The third kappa shape index (κ3) is 5.14. The molecule has 1 unspecified atom stereocenters. The summed E-state index contributed by atoms with van der Waals surface area (Å²) >= 11 is 0. The second-order valence-corrected chi connectivity index (χ2v) is 6.30. The molecule has 1 atom stereocenters. The molecule has 0 aromatic heterocycles. The van der Waals surface area contributed by atoms with Crippen LogP contribution in [-0.2, 0) is 9.59 Å². The van der Waals surface area contributed by atoms with E-state index in [1.165, 1.54) is 25.7 Å². The molecule has 1 N–H and O–H groups in total. The van der Waals surface area contributed by atoms with Gasteiger partial charge in [0.1, 0.15) is 0 Å². The maximum atomic E-state index is 12.1. The number of rotatable bonds is 8. The van der Waals surface area contributed by atoms with E-state index in [1.807, 2.05) is 0 Å². The van der Waals surface area contributed by atoms with E-state index in [-0.39, 0.29) is 5.91 Å². The van der Waals surface area contributed by atoms with Gasteiger partial charge >= 0.3 is 5.97 Å². The molecule has 1 amide bonds. The van der Waals surface area contributed by atoms with Gasteiger partial charge < -0.3 is 10.0 Å². The summed E-state index contributed by atoms with van der Waals surface area (Å²) in [6, 6.07) is 0. The Morgan fingerprint density at radius 2 is 1.80 bits per heavy atom. The summed E-state index contributed by atoms with van der Waals surface area (Å²) in [7, 11) is 0. The minimum atomic E-state index is -0.783. The number of hydrogen-bond acceptors (Lipinski definition) is 2. The molecular weight excluding hydrogens is 254 g/mol. The fourth-order valence-electron chi connectivity index (χ4n) is 2.84. The molecule has 0 aliphatic carbocycles. The van der Waals surface area contributed by atoms with Crippen LogP contribution in [0.4, 0.5) is 0 Å². The van der Waals surface area contributed by atoms with E-state index < -0.39 is 11.4 Å². The molecule has 1 saturated heterocycles. The van der Waals surface area contributed by atoms with Gasteiger partial charge in [-0.3, -0.25) is 9.59 Å². The third-order valence-electron chi connectivity index (χ3n) is 4.31. The van der Waals surface area contributed by atoms with E-state index in [9.17, 15) is 14.7 Å². The van der Waals surface area contributed by atoms with Gasteiger partial charge in [0.15, 0.2) is 0 Å². The van der Waals surface area contributed by atoms with E-state index in [2.05, 4.69) is 6.92 Å². The van der Waals surface area contributed by atoms with Crippen LogP contribution in [-0.4, -0.2) is 35.0 Å². The van der Waals surface area contributed by atoms with Crippen molar-refractivity contribution in [2.45, 2.75) is 71.6 Å². The minimum Gasteiger partial charge on any atom is -0.481 e. The number of aliphatic carboxylic acids is 1. The summed E-state index contributed by atoms with van der Waals surface area (Å²) in [4.78, 5) is 25.2. The van der Waals surface area contributed by atoms with E-state index >= 15 is 0 Å². The number of amides is 1. The summed E-state index contributed by atoms with van der Waals surface area (Å²) in [6.45, 7) is 5.04. The predicted molar refractivity (Wildman–Crippen MR) is 79.5 cm³/mol. The first-order valence-electron chi connectivity index (χ1n) is 8.01. The Hall–Kier alpha value is -1.06. The highest BCUT2D eigenvalue weighted by atomic mass is 16.4. The van der Waals surface area contributed by atoms with Crippen LogP contribution in [0.3, 0.4) is 0 Å².